The van der Waals surface area contributed by atoms with E-state index < -0.39 is 0 Å². The molecular weight excluding hydrogens is 252 g/mol. The summed E-state index contributed by atoms with van der Waals surface area (Å²) in [5.41, 5.74) is 0.974. The van der Waals surface area contributed by atoms with Gasteiger partial charge in [-0.25, -0.2) is 0 Å². The minimum absolute atomic E-state index is 0.0829. The summed E-state index contributed by atoms with van der Waals surface area (Å²) in [5.74, 6) is 1.28. The normalized spacial score (nSPS) is 23.6. The highest BCUT2D eigenvalue weighted by molar-refractivity contribution is 5.79. The molecule has 110 valence electrons. The lowest BCUT2D eigenvalue weighted by atomic mass is 10.0. The van der Waals surface area contributed by atoms with Crippen LogP contribution in [0.1, 0.15) is 12.5 Å². The summed E-state index contributed by atoms with van der Waals surface area (Å²) in [6, 6.07) is 7.85. The van der Waals surface area contributed by atoms with Crippen LogP contribution in [0, 0.1) is 5.92 Å². The lowest BCUT2D eigenvalue weighted by molar-refractivity contribution is -0.129. The van der Waals surface area contributed by atoms with Crippen LogP contribution in [-0.2, 0) is 11.2 Å². The highest BCUT2D eigenvalue weighted by Gasteiger charge is 2.26. The number of nitrogens with zero attached hydrogens (tertiary/aromatic N) is 2. The van der Waals surface area contributed by atoms with Gasteiger partial charge in [0, 0.05) is 31.6 Å². The number of rotatable bonds is 2. The van der Waals surface area contributed by atoms with E-state index in [2.05, 4.69) is 11.8 Å². The molecule has 0 fully saturated rings. The predicted octanol–water partition coefficient (Wildman–Crippen LogP) is 1.65. The van der Waals surface area contributed by atoms with Gasteiger partial charge in [-0.2, -0.15) is 0 Å². The highest BCUT2D eigenvalue weighted by Crippen LogP contribution is 2.25. The molecule has 20 heavy (non-hydrogen) atoms. The first-order valence-electron chi connectivity index (χ1n) is 7.10. The molecule has 2 atom stereocenters. The van der Waals surface area contributed by atoms with E-state index in [0.29, 0.717) is 6.42 Å². The zero-order valence-corrected chi connectivity index (χ0v) is 12.8. The predicted molar refractivity (Wildman–Crippen MR) is 79.9 cm³/mol. The Bertz CT molecular complexity index is 473. The van der Waals surface area contributed by atoms with E-state index in [0.717, 1.165) is 24.4 Å². The van der Waals surface area contributed by atoms with Crippen LogP contribution in [0.25, 0.3) is 0 Å². The first-order chi connectivity index (χ1) is 9.47. The number of carbonyl (C=O) groups excluding carboxylic acids is 1. The SMILES string of the molecule is C[C@@H]1CN(C)C(=O)Cc2ccccc2O[C@@H]1CN(C)C. The second kappa shape index (κ2) is 6.27. The van der Waals surface area contributed by atoms with Gasteiger partial charge in [-0.3, -0.25) is 4.79 Å². The minimum atomic E-state index is 0.0829. The van der Waals surface area contributed by atoms with Crippen molar-refractivity contribution in [3.8, 4) is 5.75 Å². The summed E-state index contributed by atoms with van der Waals surface area (Å²) < 4.78 is 6.22. The average Bonchev–Trinajstić information content (AvgIpc) is 2.42. The average molecular weight is 276 g/mol. The van der Waals surface area contributed by atoms with Crippen LogP contribution in [0.2, 0.25) is 0 Å². The molecule has 1 heterocycles. The van der Waals surface area contributed by atoms with E-state index in [1.807, 2.05) is 50.3 Å². The van der Waals surface area contributed by atoms with Crippen LogP contribution in [0.3, 0.4) is 0 Å². The molecule has 1 amide bonds. The number of amides is 1. The molecule has 1 aromatic rings. The Morgan fingerprint density at radius 3 is 2.75 bits per heavy atom. The zero-order chi connectivity index (χ0) is 14.7. The molecular formula is C16H24N2O2. The van der Waals surface area contributed by atoms with Gasteiger partial charge in [0.2, 0.25) is 5.91 Å². The fourth-order valence-corrected chi connectivity index (χ4v) is 2.57. The van der Waals surface area contributed by atoms with Crippen molar-refractivity contribution in [2.45, 2.75) is 19.4 Å². The van der Waals surface area contributed by atoms with Crippen molar-refractivity contribution in [3.63, 3.8) is 0 Å². The van der Waals surface area contributed by atoms with Crippen molar-refractivity contribution in [1.82, 2.24) is 9.80 Å². The second-order valence-corrected chi connectivity index (χ2v) is 5.95. The van der Waals surface area contributed by atoms with E-state index in [1.54, 1.807) is 0 Å². The van der Waals surface area contributed by atoms with Gasteiger partial charge in [0.05, 0.1) is 6.42 Å². The monoisotopic (exact) mass is 276 g/mol. The summed E-state index contributed by atoms with van der Waals surface area (Å²) in [4.78, 5) is 16.2. The van der Waals surface area contributed by atoms with E-state index >= 15 is 0 Å². The molecule has 0 N–H and O–H groups in total. The largest absolute Gasteiger partial charge is 0.488 e. The van der Waals surface area contributed by atoms with Gasteiger partial charge in [0.15, 0.2) is 0 Å². The summed E-state index contributed by atoms with van der Waals surface area (Å²) in [7, 11) is 5.96. The van der Waals surface area contributed by atoms with Gasteiger partial charge >= 0.3 is 0 Å². The molecule has 4 nitrogen and oxygen atoms in total. The number of para-hydroxylation sites is 1. The number of hydrogen-bond acceptors (Lipinski definition) is 3. The summed E-state index contributed by atoms with van der Waals surface area (Å²) >= 11 is 0. The topological polar surface area (TPSA) is 32.8 Å². The van der Waals surface area contributed by atoms with Crippen molar-refractivity contribution in [2.24, 2.45) is 5.92 Å². The van der Waals surface area contributed by atoms with Crippen LogP contribution in [0.5, 0.6) is 5.75 Å². The number of ether oxygens (including phenoxy) is 1. The smallest absolute Gasteiger partial charge is 0.226 e. The Labute approximate surface area is 121 Å². The standard InChI is InChI=1S/C16H24N2O2/c1-12-10-18(4)16(19)9-13-7-5-6-8-14(13)20-15(12)11-17(2)3/h5-8,12,15H,9-11H2,1-4H3/t12-,15-/m1/s1. The molecule has 0 bridgehead atoms. The number of hydrogen-bond donors (Lipinski definition) is 0. The maximum absolute atomic E-state index is 12.2. The van der Waals surface area contributed by atoms with Crippen LogP contribution in [0.15, 0.2) is 24.3 Å². The third-order valence-corrected chi connectivity index (χ3v) is 3.76. The van der Waals surface area contributed by atoms with Gasteiger partial charge in [0.25, 0.3) is 0 Å². The van der Waals surface area contributed by atoms with Crippen molar-refractivity contribution in [1.29, 1.82) is 0 Å². The van der Waals surface area contributed by atoms with Crippen molar-refractivity contribution >= 4 is 5.91 Å². The minimum Gasteiger partial charge on any atom is -0.488 e. The molecule has 0 aliphatic carbocycles. The third-order valence-electron chi connectivity index (χ3n) is 3.76. The lowest BCUT2D eigenvalue weighted by Crippen LogP contribution is -2.41. The number of carbonyl (C=O) groups is 1. The highest BCUT2D eigenvalue weighted by atomic mass is 16.5. The number of likely N-dealkylation sites (N-methyl/N-ethyl adjacent to an activating group) is 2. The van der Waals surface area contributed by atoms with Gasteiger partial charge in [-0.05, 0) is 20.2 Å². The molecule has 1 aliphatic heterocycles. The summed E-state index contributed by atoms with van der Waals surface area (Å²) in [6.07, 6.45) is 0.494. The van der Waals surface area contributed by atoms with E-state index in [4.69, 9.17) is 4.74 Å². The van der Waals surface area contributed by atoms with Gasteiger partial charge in [-0.15, -0.1) is 0 Å². The third kappa shape index (κ3) is 3.51. The second-order valence-electron chi connectivity index (χ2n) is 5.95. The maximum Gasteiger partial charge on any atom is 0.226 e. The Kier molecular flexibility index (Phi) is 4.65. The summed E-state index contributed by atoms with van der Waals surface area (Å²) in [5, 5.41) is 0. The van der Waals surface area contributed by atoms with Gasteiger partial charge in [-0.1, -0.05) is 25.1 Å². The molecule has 1 aromatic carbocycles. The quantitative estimate of drug-likeness (QED) is 0.823. The fourth-order valence-electron chi connectivity index (χ4n) is 2.57. The lowest BCUT2D eigenvalue weighted by Gasteiger charge is -2.29. The number of benzene rings is 1. The zero-order valence-electron chi connectivity index (χ0n) is 12.8. The van der Waals surface area contributed by atoms with Crippen molar-refractivity contribution in [3.05, 3.63) is 29.8 Å². The van der Waals surface area contributed by atoms with E-state index in [-0.39, 0.29) is 17.9 Å². The Morgan fingerprint density at radius 2 is 2.05 bits per heavy atom. The van der Waals surface area contributed by atoms with Crippen LogP contribution < -0.4 is 4.74 Å². The Morgan fingerprint density at radius 1 is 1.35 bits per heavy atom. The molecule has 0 radical (unpaired) electrons. The molecule has 0 unspecified atom stereocenters. The maximum atomic E-state index is 12.2. The van der Waals surface area contributed by atoms with Gasteiger partial charge < -0.3 is 14.5 Å². The first kappa shape index (κ1) is 14.9. The number of fused-ring (bicyclic) bond motifs is 1. The van der Waals surface area contributed by atoms with Crippen molar-refractivity contribution < 1.29 is 9.53 Å². The van der Waals surface area contributed by atoms with Crippen LogP contribution in [-0.4, -0.2) is 56.0 Å². The fraction of sp³-hybridized carbons (Fsp3) is 0.562. The molecule has 0 aromatic heterocycles. The Hall–Kier alpha value is -1.55. The molecule has 0 saturated carbocycles. The molecule has 1 aliphatic rings. The van der Waals surface area contributed by atoms with Crippen LogP contribution >= 0.6 is 0 Å². The molecule has 4 heteroatoms. The van der Waals surface area contributed by atoms with E-state index in [1.165, 1.54) is 0 Å². The molecule has 0 spiro atoms. The Balaban J connectivity index is 2.32. The summed E-state index contributed by atoms with van der Waals surface area (Å²) in [6.45, 7) is 3.72. The molecule has 2 rings (SSSR count). The molecule has 0 saturated heterocycles. The first-order valence-corrected chi connectivity index (χ1v) is 7.10. The van der Waals surface area contributed by atoms with Gasteiger partial charge in [0.1, 0.15) is 11.9 Å². The van der Waals surface area contributed by atoms with Crippen molar-refractivity contribution in [2.75, 3.05) is 34.2 Å². The van der Waals surface area contributed by atoms with E-state index in [9.17, 15) is 4.79 Å². The van der Waals surface area contributed by atoms with Crippen LogP contribution in [0.4, 0.5) is 0 Å².